The summed E-state index contributed by atoms with van der Waals surface area (Å²) in [6, 6.07) is 6.35. The Morgan fingerprint density at radius 3 is 1.98 bits per heavy atom. The third-order valence-corrected chi connectivity index (χ3v) is 7.02. The number of fused-ring (bicyclic) bond motifs is 1. The molecule has 47 heavy (non-hydrogen) atoms. The Kier molecular flexibility index (Phi) is 8.62. The molecule has 5 atom stereocenters. The van der Waals surface area contributed by atoms with Crippen molar-refractivity contribution in [3.8, 4) is 68.6 Å². The van der Waals surface area contributed by atoms with Crippen LogP contribution in [0.5, 0.6) is 46.0 Å². The largest absolute Gasteiger partial charge is 0.507 e. The Morgan fingerprint density at radius 1 is 0.787 bits per heavy atom. The monoisotopic (exact) mass is 658 g/mol. The molecule has 0 bridgehead atoms. The lowest BCUT2D eigenvalue weighted by molar-refractivity contribution is -0.277. The number of benzene rings is 3. The summed E-state index contributed by atoms with van der Waals surface area (Å²) in [5.74, 6) is -8.84. The van der Waals surface area contributed by atoms with Gasteiger partial charge in [0.05, 0.1) is 11.1 Å². The average molecular weight is 659 g/mol. The molecule has 5 rings (SSSR count). The minimum atomic E-state index is -2.02. The van der Waals surface area contributed by atoms with Gasteiger partial charge in [0, 0.05) is 24.6 Å². The highest BCUT2D eigenvalue weighted by atomic mass is 16.7. The number of rotatable bonds is 7. The number of hydrogen-bond donors (Lipinski definition) is 9. The number of esters is 2. The van der Waals surface area contributed by atoms with E-state index in [1.54, 1.807) is 0 Å². The Bertz CT molecular complexity index is 1830. The number of phenols is 7. The van der Waals surface area contributed by atoms with Gasteiger partial charge in [-0.3, -0.25) is 9.59 Å². The van der Waals surface area contributed by atoms with Crippen LogP contribution >= 0.6 is 0 Å². The van der Waals surface area contributed by atoms with Gasteiger partial charge in [-0.15, -0.1) is 0 Å². The highest BCUT2D eigenvalue weighted by molar-refractivity contribution is 5.91. The zero-order chi connectivity index (χ0) is 34.3. The summed E-state index contributed by atoms with van der Waals surface area (Å²) in [6.45, 7) is 0.452. The summed E-state index contributed by atoms with van der Waals surface area (Å²) in [4.78, 5) is 36.6. The maximum Gasteiger partial charge on any atom is 0.339 e. The zero-order valence-corrected chi connectivity index (χ0v) is 23.9. The van der Waals surface area contributed by atoms with Crippen LogP contribution in [0.4, 0.5) is 0 Å². The van der Waals surface area contributed by atoms with Crippen LogP contribution in [0.3, 0.4) is 0 Å². The third-order valence-electron chi connectivity index (χ3n) is 7.02. The van der Waals surface area contributed by atoms with Crippen LogP contribution in [0.1, 0.15) is 17.3 Å². The Balaban J connectivity index is 1.62. The number of aromatic hydroxyl groups is 7. The van der Waals surface area contributed by atoms with Crippen LogP contribution in [-0.2, 0) is 19.0 Å². The number of ether oxygens (including phenoxy) is 4. The molecule has 1 aliphatic carbocycles. The van der Waals surface area contributed by atoms with Crippen molar-refractivity contribution < 1.29 is 78.9 Å². The first-order chi connectivity index (χ1) is 22.1. The van der Waals surface area contributed by atoms with Gasteiger partial charge in [-0.05, 0) is 30.3 Å². The van der Waals surface area contributed by atoms with Crippen LogP contribution in [0.15, 0.2) is 51.7 Å². The molecule has 17 heteroatoms. The van der Waals surface area contributed by atoms with E-state index in [-0.39, 0.29) is 22.6 Å². The standard InChI is InChI=1S/C30H26O17/c1-10(31)43-9-22-25(40)26(41)28(47-29(42)12-4-18(36)24(39)19(37)5-12)30(46-22)45-21-8-14-15(33)6-13(32)7-20(14)44-27(21)11-2-16(34)23(38)17(35)3-11/h2-8,22,25-26,28,30,33-41H,9H2,1H3/t22-,25+,26+,28-,30-/m1/s1. The first-order valence-corrected chi connectivity index (χ1v) is 13.5. The van der Waals surface area contributed by atoms with Crippen LogP contribution in [0.25, 0.3) is 22.6 Å². The summed E-state index contributed by atoms with van der Waals surface area (Å²) in [6.07, 6.45) is -9.22. The highest BCUT2D eigenvalue weighted by Crippen LogP contribution is 2.46. The van der Waals surface area contributed by atoms with Crippen molar-refractivity contribution in [2.75, 3.05) is 6.61 Å². The van der Waals surface area contributed by atoms with Gasteiger partial charge in [0.2, 0.25) is 6.29 Å². The molecule has 0 aromatic heterocycles. The molecule has 248 valence electrons. The molecule has 0 amide bonds. The van der Waals surface area contributed by atoms with Gasteiger partial charge in [-0.2, -0.15) is 0 Å². The van der Waals surface area contributed by atoms with E-state index in [9.17, 15) is 60.3 Å². The molecule has 0 spiro atoms. The summed E-state index contributed by atoms with van der Waals surface area (Å²) in [5, 5.41) is 91.7. The second-order valence-electron chi connectivity index (χ2n) is 10.3. The number of aliphatic hydroxyl groups excluding tert-OH is 2. The number of phenolic OH excluding ortho intramolecular Hbond substituents is 7. The van der Waals surface area contributed by atoms with Gasteiger partial charge in [-0.25, -0.2) is 4.79 Å². The predicted molar refractivity (Wildman–Crippen MR) is 152 cm³/mol. The van der Waals surface area contributed by atoms with Crippen LogP contribution in [-0.4, -0.2) is 95.2 Å². The fourth-order valence-electron chi connectivity index (χ4n) is 4.70. The van der Waals surface area contributed by atoms with Crippen molar-refractivity contribution in [3.05, 3.63) is 58.3 Å². The van der Waals surface area contributed by atoms with Crippen molar-refractivity contribution in [3.63, 3.8) is 0 Å². The van der Waals surface area contributed by atoms with Crippen molar-refractivity contribution >= 4 is 11.9 Å². The van der Waals surface area contributed by atoms with E-state index in [4.69, 9.17) is 23.4 Å². The lowest BCUT2D eigenvalue weighted by atomic mass is 9.98. The molecule has 2 aromatic carbocycles. The Hall–Kier alpha value is -5.91. The van der Waals surface area contributed by atoms with E-state index in [0.717, 1.165) is 49.4 Å². The molecule has 2 aromatic rings. The van der Waals surface area contributed by atoms with E-state index in [2.05, 4.69) is 0 Å². The van der Waals surface area contributed by atoms with Crippen molar-refractivity contribution in [1.29, 1.82) is 0 Å². The molecule has 3 aliphatic rings. The molecule has 9 N–H and O–H groups in total. The summed E-state index contributed by atoms with van der Waals surface area (Å²) >= 11 is 0. The van der Waals surface area contributed by atoms with Crippen LogP contribution in [0.2, 0.25) is 0 Å². The minimum absolute atomic E-state index is 0.105. The van der Waals surface area contributed by atoms with Gasteiger partial charge in [0.15, 0.2) is 57.5 Å². The maximum absolute atomic E-state index is 13.1. The van der Waals surface area contributed by atoms with Crippen molar-refractivity contribution in [1.82, 2.24) is 0 Å². The summed E-state index contributed by atoms with van der Waals surface area (Å²) < 4.78 is 27.7. The fourth-order valence-corrected chi connectivity index (χ4v) is 4.70. The number of hydrogen-bond acceptors (Lipinski definition) is 17. The van der Waals surface area contributed by atoms with E-state index in [1.807, 2.05) is 0 Å². The van der Waals surface area contributed by atoms with Crippen LogP contribution in [0, 0.1) is 0 Å². The van der Waals surface area contributed by atoms with E-state index >= 15 is 0 Å². The van der Waals surface area contributed by atoms with Gasteiger partial charge in [-0.1, -0.05) is 0 Å². The van der Waals surface area contributed by atoms with Crippen molar-refractivity contribution in [2.24, 2.45) is 0 Å². The molecule has 17 nitrogen and oxygen atoms in total. The second kappa shape index (κ2) is 12.5. The molecule has 2 heterocycles. The highest BCUT2D eigenvalue weighted by Gasteiger charge is 2.49. The minimum Gasteiger partial charge on any atom is -0.507 e. The van der Waals surface area contributed by atoms with Gasteiger partial charge >= 0.3 is 11.9 Å². The lowest BCUT2D eigenvalue weighted by Crippen LogP contribution is -2.61. The topological polar surface area (TPSA) is 283 Å². The molecule has 1 fully saturated rings. The second-order valence-corrected chi connectivity index (χ2v) is 10.3. The van der Waals surface area contributed by atoms with Crippen LogP contribution < -0.4 is 10.2 Å². The number of carbonyl (C=O) groups excluding carboxylic acids is 2. The first kappa shape index (κ1) is 32.5. The summed E-state index contributed by atoms with van der Waals surface area (Å²) in [5.41, 5.74) is -1.45. The SMILES string of the molecule is CC(=O)OC[C@H]1O[C@@H](Oc2cc3c(O)cc(=O)cc-3oc2-c2cc(O)c(O)c(O)c2)[C@H](OC(=O)c2cc(O)c(O)c(O)c2)[C@@H](O)[C@H]1O. The zero-order valence-electron chi connectivity index (χ0n) is 23.9. The molecule has 0 radical (unpaired) electrons. The molecular formula is C30H26O17. The number of carbonyl (C=O) groups is 2. The lowest BCUT2D eigenvalue weighted by Gasteiger charge is -2.41. The van der Waals surface area contributed by atoms with E-state index in [1.165, 1.54) is 0 Å². The first-order valence-electron chi connectivity index (χ1n) is 13.5. The average Bonchev–Trinajstić information content (AvgIpc) is 3.00. The molecular weight excluding hydrogens is 632 g/mol. The molecule has 0 saturated carbocycles. The van der Waals surface area contributed by atoms with E-state index < -0.39 is 106 Å². The molecule has 1 saturated heterocycles. The fraction of sp³-hybridized carbons (Fsp3) is 0.233. The molecule has 0 unspecified atom stereocenters. The van der Waals surface area contributed by atoms with Gasteiger partial charge < -0.3 is 69.3 Å². The smallest absolute Gasteiger partial charge is 0.339 e. The van der Waals surface area contributed by atoms with Gasteiger partial charge in [0.25, 0.3) is 0 Å². The van der Waals surface area contributed by atoms with E-state index in [0.29, 0.717) is 0 Å². The molecule has 2 aliphatic heterocycles. The Morgan fingerprint density at radius 2 is 1.38 bits per heavy atom. The number of aliphatic hydroxyl groups is 2. The van der Waals surface area contributed by atoms with Crippen molar-refractivity contribution in [2.45, 2.75) is 37.6 Å². The Labute approximate surface area is 262 Å². The van der Waals surface area contributed by atoms with Gasteiger partial charge in [0.1, 0.15) is 36.4 Å². The summed E-state index contributed by atoms with van der Waals surface area (Å²) in [7, 11) is 0. The predicted octanol–water partition coefficient (Wildman–Crippen LogP) is 0.965. The quantitative estimate of drug-likeness (QED) is 0.0987. The maximum atomic E-state index is 13.1. The normalized spacial score (nSPS) is 20.9. The third kappa shape index (κ3) is 6.43.